The number of rotatable bonds is 3. The zero-order valence-electron chi connectivity index (χ0n) is 17.7. The first-order valence-electron chi connectivity index (χ1n) is 10.4. The molecule has 3 N–H and O–H groups in total. The number of carbonyl (C=O) groups is 2. The van der Waals surface area contributed by atoms with Crippen LogP contribution in [0.4, 0.5) is 29.9 Å². The number of amides is 3. The third-order valence-corrected chi connectivity index (χ3v) is 6.16. The van der Waals surface area contributed by atoms with Crippen LogP contribution in [0.25, 0.3) is 21.9 Å². The number of carbonyl (C=O) groups excluding carboxylic acids is 1. The molecule has 0 bridgehead atoms. The first kappa shape index (κ1) is 22.1. The molecule has 1 aromatic carbocycles. The van der Waals surface area contributed by atoms with Crippen molar-refractivity contribution in [2.75, 3.05) is 23.4 Å². The second-order valence-corrected chi connectivity index (χ2v) is 8.41. The molecule has 176 valence electrons. The van der Waals surface area contributed by atoms with E-state index < -0.39 is 30.2 Å². The molecule has 1 aliphatic heterocycles. The van der Waals surface area contributed by atoms with E-state index >= 15 is 4.39 Å². The Hall–Kier alpha value is -3.73. The number of anilines is 2. The minimum atomic E-state index is -1.17. The number of alkyl halides is 1. The first-order chi connectivity index (χ1) is 16.2. The highest BCUT2D eigenvalue weighted by Gasteiger charge is 2.38. The van der Waals surface area contributed by atoms with E-state index in [-0.39, 0.29) is 47.5 Å². The molecule has 0 unspecified atom stereocenters. The van der Waals surface area contributed by atoms with Gasteiger partial charge in [0.25, 0.3) is 0 Å². The summed E-state index contributed by atoms with van der Waals surface area (Å²) < 4.78 is 33.8. The van der Waals surface area contributed by atoms with E-state index in [1.807, 2.05) is 0 Å². The Bertz CT molecular complexity index is 1350. The number of nitrogens with zero attached hydrogens (tertiary/aromatic N) is 3. The maximum absolute atomic E-state index is 15.3. The number of fused-ring (bicyclic) bond motifs is 2. The lowest BCUT2D eigenvalue weighted by Gasteiger charge is -2.28. The number of hydrogen-bond donors (Lipinski definition) is 3. The molecule has 3 amide bonds. The number of hydrogen-bond acceptors (Lipinski definition) is 5. The fourth-order valence-electron chi connectivity index (χ4n) is 3.93. The number of nitrogens with one attached hydrogen (secondary N) is 2. The summed E-state index contributed by atoms with van der Waals surface area (Å²) in [5.41, 5.74) is 1.13. The molecule has 5 rings (SSSR count). The molecule has 2 aliphatic rings. The average Bonchev–Trinajstić information content (AvgIpc) is 3.50. The molecule has 12 heteroatoms. The van der Waals surface area contributed by atoms with Crippen molar-refractivity contribution in [1.29, 1.82) is 0 Å². The van der Waals surface area contributed by atoms with Gasteiger partial charge >= 0.3 is 12.1 Å². The average molecular weight is 490 g/mol. The maximum Gasteiger partial charge on any atom is 0.412 e. The summed E-state index contributed by atoms with van der Waals surface area (Å²) in [7, 11) is 0. The zero-order chi connectivity index (χ0) is 24.1. The minimum absolute atomic E-state index is 0.0982. The standard InChI is InChI=1S/C22H18ClF2N5O4/c1-9-12(7-27-20-19(9)30(22(32)33)2-3-34-20)11-4-10-5-16(26-8-13(10)17(23)18(11)25)29-21(31)28-15-6-14(15)24/h4-5,7-8,14-15H,2-3,6H2,1H3,(H,32,33)(H2,26,28,29,31)/t14-,15+/m1/s1. The zero-order valence-corrected chi connectivity index (χ0v) is 18.5. The van der Waals surface area contributed by atoms with Crippen LogP contribution in [-0.4, -0.2) is 52.6 Å². The summed E-state index contributed by atoms with van der Waals surface area (Å²) in [6, 6.07) is 1.92. The van der Waals surface area contributed by atoms with Crippen molar-refractivity contribution in [3.63, 3.8) is 0 Å². The van der Waals surface area contributed by atoms with Crippen LogP contribution >= 0.6 is 11.6 Å². The van der Waals surface area contributed by atoms with Crippen LogP contribution in [0.15, 0.2) is 24.5 Å². The number of halogens is 3. The molecule has 1 aliphatic carbocycles. The van der Waals surface area contributed by atoms with Gasteiger partial charge in [-0.1, -0.05) is 11.6 Å². The lowest BCUT2D eigenvalue weighted by atomic mass is 9.97. The van der Waals surface area contributed by atoms with Crippen molar-refractivity contribution >= 4 is 46.0 Å². The second kappa shape index (κ2) is 8.24. The van der Waals surface area contributed by atoms with E-state index in [4.69, 9.17) is 16.3 Å². The van der Waals surface area contributed by atoms with E-state index in [0.29, 0.717) is 21.9 Å². The quantitative estimate of drug-likeness (QED) is 0.498. The molecule has 1 fully saturated rings. The van der Waals surface area contributed by atoms with Gasteiger partial charge in [-0.2, -0.15) is 0 Å². The smallest absolute Gasteiger partial charge is 0.412 e. The van der Waals surface area contributed by atoms with Gasteiger partial charge in [0.1, 0.15) is 30.1 Å². The highest BCUT2D eigenvalue weighted by Crippen LogP contribution is 2.41. The Morgan fingerprint density at radius 3 is 2.74 bits per heavy atom. The molecular formula is C22H18ClF2N5O4. The number of urea groups is 1. The molecule has 3 aromatic rings. The topological polar surface area (TPSA) is 117 Å². The Morgan fingerprint density at radius 1 is 1.26 bits per heavy atom. The summed E-state index contributed by atoms with van der Waals surface area (Å²) in [5, 5.41) is 15.2. The number of ether oxygens (including phenoxy) is 1. The predicted octanol–water partition coefficient (Wildman–Crippen LogP) is 4.51. The van der Waals surface area contributed by atoms with Crippen molar-refractivity contribution in [2.24, 2.45) is 0 Å². The van der Waals surface area contributed by atoms with E-state index in [2.05, 4.69) is 20.6 Å². The fourth-order valence-corrected chi connectivity index (χ4v) is 4.19. The second-order valence-electron chi connectivity index (χ2n) is 8.03. The lowest BCUT2D eigenvalue weighted by molar-refractivity contribution is 0.196. The first-order valence-corrected chi connectivity index (χ1v) is 10.7. The van der Waals surface area contributed by atoms with Crippen LogP contribution in [0.3, 0.4) is 0 Å². The van der Waals surface area contributed by atoms with E-state index in [0.717, 1.165) is 4.90 Å². The predicted molar refractivity (Wildman–Crippen MR) is 121 cm³/mol. The molecule has 2 atom stereocenters. The lowest BCUT2D eigenvalue weighted by Crippen LogP contribution is -2.37. The van der Waals surface area contributed by atoms with Gasteiger partial charge in [-0.05, 0) is 30.0 Å². The molecular weight excluding hydrogens is 472 g/mol. The van der Waals surface area contributed by atoms with Crippen molar-refractivity contribution in [1.82, 2.24) is 15.3 Å². The van der Waals surface area contributed by atoms with Gasteiger partial charge in [-0.15, -0.1) is 0 Å². The fraction of sp³-hybridized carbons (Fsp3) is 0.273. The summed E-state index contributed by atoms with van der Waals surface area (Å²) in [6.07, 6.45) is 0.781. The molecule has 0 spiro atoms. The summed E-state index contributed by atoms with van der Waals surface area (Å²) in [6.45, 7) is 1.92. The Kier molecular flexibility index (Phi) is 5.35. The van der Waals surface area contributed by atoms with Crippen molar-refractivity contribution in [2.45, 2.75) is 25.6 Å². The number of pyridine rings is 2. The number of benzene rings is 1. The molecule has 34 heavy (non-hydrogen) atoms. The van der Waals surface area contributed by atoms with E-state index in [1.165, 1.54) is 24.5 Å². The minimum Gasteiger partial charge on any atom is -0.474 e. The highest BCUT2D eigenvalue weighted by atomic mass is 35.5. The molecule has 1 saturated carbocycles. The highest BCUT2D eigenvalue weighted by molar-refractivity contribution is 6.36. The van der Waals surface area contributed by atoms with Crippen LogP contribution in [0, 0.1) is 12.7 Å². The van der Waals surface area contributed by atoms with E-state index in [9.17, 15) is 19.1 Å². The van der Waals surface area contributed by atoms with Crippen molar-refractivity contribution < 1.29 is 28.2 Å². The van der Waals surface area contributed by atoms with Crippen LogP contribution in [0.1, 0.15) is 12.0 Å². The Balaban J connectivity index is 1.56. The third kappa shape index (κ3) is 3.81. The number of carboxylic acid groups (broad SMARTS) is 1. The normalized spacial score (nSPS) is 18.8. The summed E-state index contributed by atoms with van der Waals surface area (Å²) >= 11 is 6.30. The molecule has 2 aromatic heterocycles. The monoisotopic (exact) mass is 489 g/mol. The maximum atomic E-state index is 15.3. The molecule has 0 saturated heterocycles. The van der Waals surface area contributed by atoms with Crippen molar-refractivity contribution in [3.8, 4) is 17.0 Å². The van der Waals surface area contributed by atoms with Crippen molar-refractivity contribution in [3.05, 3.63) is 40.9 Å². The van der Waals surface area contributed by atoms with Gasteiger partial charge in [0.05, 0.1) is 17.6 Å². The number of aromatic nitrogens is 2. The van der Waals surface area contributed by atoms with Gasteiger partial charge < -0.3 is 15.2 Å². The van der Waals surface area contributed by atoms with Crippen LogP contribution in [-0.2, 0) is 0 Å². The van der Waals surface area contributed by atoms with Gasteiger partial charge in [-0.3, -0.25) is 10.2 Å². The third-order valence-electron chi connectivity index (χ3n) is 5.79. The molecule has 0 radical (unpaired) electrons. The summed E-state index contributed by atoms with van der Waals surface area (Å²) in [4.78, 5) is 33.1. The molecule has 9 nitrogen and oxygen atoms in total. The van der Waals surface area contributed by atoms with Gasteiger partial charge in [0.2, 0.25) is 5.88 Å². The Labute approximate surface area is 196 Å². The molecule has 3 heterocycles. The van der Waals surface area contributed by atoms with E-state index in [1.54, 1.807) is 6.92 Å². The van der Waals surface area contributed by atoms with Gasteiger partial charge in [-0.25, -0.2) is 28.3 Å². The Morgan fingerprint density at radius 2 is 2.03 bits per heavy atom. The van der Waals surface area contributed by atoms with Gasteiger partial charge in [0.15, 0.2) is 0 Å². The summed E-state index contributed by atoms with van der Waals surface area (Å²) in [5.74, 6) is -0.406. The SMILES string of the molecule is Cc1c(-c2cc3cc(NC(=O)N[C@H]4C[C@H]4F)ncc3c(Cl)c2F)cnc2c1N(C(=O)O)CCO2. The van der Waals surface area contributed by atoms with Crippen LogP contribution in [0.2, 0.25) is 5.02 Å². The largest absolute Gasteiger partial charge is 0.474 e. The van der Waals surface area contributed by atoms with Crippen LogP contribution < -0.4 is 20.3 Å². The van der Waals surface area contributed by atoms with Crippen LogP contribution in [0.5, 0.6) is 5.88 Å². The van der Waals surface area contributed by atoms with Gasteiger partial charge in [0, 0.05) is 35.3 Å².